The molecule has 6 nitrogen and oxygen atoms in total. The van der Waals surface area contributed by atoms with Crippen molar-refractivity contribution in [1.82, 2.24) is 4.31 Å². The van der Waals surface area contributed by atoms with Gasteiger partial charge in [-0.3, -0.25) is 0 Å². The Bertz CT molecular complexity index is 841. The zero-order valence-electron chi connectivity index (χ0n) is 13.2. The molecule has 2 rings (SSSR count). The van der Waals surface area contributed by atoms with Crippen molar-refractivity contribution in [3.05, 3.63) is 35.9 Å². The lowest BCUT2D eigenvalue weighted by molar-refractivity contribution is 0.0597. The smallest absolute Gasteiger partial charge is 0.341 e. The molecule has 0 unspecified atom stereocenters. The molecular weight excluding hydrogens is 318 g/mol. The molecule has 0 atom stereocenters. The number of nitrogens with zero attached hydrogens (tertiary/aromatic N) is 1. The maximum atomic E-state index is 12.7. The highest BCUT2D eigenvalue weighted by molar-refractivity contribution is 7.89. The summed E-state index contributed by atoms with van der Waals surface area (Å²) in [7, 11) is -2.46. The average Bonchev–Trinajstić information content (AvgIpc) is 2.53. The van der Waals surface area contributed by atoms with Crippen molar-refractivity contribution < 1.29 is 23.1 Å². The summed E-state index contributed by atoms with van der Waals surface area (Å²) in [5, 5.41) is 10.9. The molecule has 0 amide bonds. The molecule has 0 saturated carbocycles. The number of phenols is 1. The summed E-state index contributed by atoms with van der Waals surface area (Å²) in [6.45, 7) is 4.22. The van der Waals surface area contributed by atoms with E-state index in [9.17, 15) is 18.3 Å². The van der Waals surface area contributed by atoms with Gasteiger partial charge in [-0.15, -0.1) is 0 Å². The zero-order valence-corrected chi connectivity index (χ0v) is 14.1. The van der Waals surface area contributed by atoms with Gasteiger partial charge in [-0.25, -0.2) is 13.2 Å². The number of hydrogen-bond acceptors (Lipinski definition) is 5. The minimum absolute atomic E-state index is 0.00242. The second-order valence-electron chi connectivity index (χ2n) is 4.93. The highest BCUT2D eigenvalue weighted by Crippen LogP contribution is 2.31. The molecule has 23 heavy (non-hydrogen) atoms. The topological polar surface area (TPSA) is 83.9 Å². The summed E-state index contributed by atoms with van der Waals surface area (Å²) in [6.07, 6.45) is 0. The van der Waals surface area contributed by atoms with Gasteiger partial charge in [0.2, 0.25) is 10.0 Å². The van der Waals surface area contributed by atoms with Gasteiger partial charge in [-0.2, -0.15) is 4.31 Å². The number of hydrogen-bond donors (Lipinski definition) is 1. The third-order valence-corrected chi connectivity index (χ3v) is 5.79. The number of sulfonamides is 1. The van der Waals surface area contributed by atoms with Gasteiger partial charge >= 0.3 is 5.97 Å². The highest BCUT2D eigenvalue weighted by Gasteiger charge is 2.24. The van der Waals surface area contributed by atoms with Crippen molar-refractivity contribution >= 4 is 26.8 Å². The molecule has 0 aromatic heterocycles. The van der Waals surface area contributed by atoms with Crippen molar-refractivity contribution in [2.45, 2.75) is 18.7 Å². The first kappa shape index (κ1) is 17.2. The lowest BCUT2D eigenvalue weighted by Crippen LogP contribution is -2.30. The zero-order chi connectivity index (χ0) is 17.2. The molecule has 0 aliphatic carbocycles. The number of ether oxygens (including phenoxy) is 1. The summed E-state index contributed by atoms with van der Waals surface area (Å²) in [5.41, 5.74) is -0.00242. The first-order valence-electron chi connectivity index (χ1n) is 7.21. The third kappa shape index (κ3) is 3.02. The Labute approximate surface area is 135 Å². The van der Waals surface area contributed by atoms with Gasteiger partial charge in [-0.05, 0) is 23.6 Å². The Morgan fingerprint density at radius 1 is 1.22 bits per heavy atom. The fraction of sp³-hybridized carbons (Fsp3) is 0.312. The molecule has 0 heterocycles. The number of esters is 1. The summed E-state index contributed by atoms with van der Waals surface area (Å²) in [6, 6.07) is 7.50. The van der Waals surface area contributed by atoms with Crippen LogP contribution in [0, 0.1) is 0 Å². The fourth-order valence-corrected chi connectivity index (χ4v) is 4.15. The molecule has 2 aromatic rings. The van der Waals surface area contributed by atoms with Crippen LogP contribution in [0.3, 0.4) is 0 Å². The molecule has 0 spiro atoms. The van der Waals surface area contributed by atoms with Crippen LogP contribution < -0.4 is 0 Å². The van der Waals surface area contributed by atoms with Gasteiger partial charge in [0.1, 0.15) is 11.3 Å². The van der Waals surface area contributed by atoms with Crippen molar-refractivity contribution in [1.29, 1.82) is 0 Å². The van der Waals surface area contributed by atoms with E-state index >= 15 is 0 Å². The first-order chi connectivity index (χ1) is 10.9. The Hall–Kier alpha value is -2.12. The van der Waals surface area contributed by atoms with Crippen molar-refractivity contribution in [3.8, 4) is 5.75 Å². The molecular formula is C16H19NO5S. The maximum Gasteiger partial charge on any atom is 0.341 e. The lowest BCUT2D eigenvalue weighted by atomic mass is 10.1. The average molecular weight is 337 g/mol. The van der Waals surface area contributed by atoms with Crippen molar-refractivity contribution in [3.63, 3.8) is 0 Å². The van der Waals surface area contributed by atoms with Crippen LogP contribution in [-0.2, 0) is 14.8 Å². The van der Waals surface area contributed by atoms with Crippen LogP contribution in [0.5, 0.6) is 5.75 Å². The van der Waals surface area contributed by atoms with Crippen LogP contribution in [0.2, 0.25) is 0 Å². The Morgan fingerprint density at radius 2 is 1.87 bits per heavy atom. The van der Waals surface area contributed by atoms with E-state index in [2.05, 4.69) is 4.74 Å². The summed E-state index contributed by atoms with van der Waals surface area (Å²) < 4.78 is 31.4. The number of carbonyl (C=O) groups excluding carboxylic acids is 1. The van der Waals surface area contributed by atoms with E-state index < -0.39 is 16.0 Å². The van der Waals surface area contributed by atoms with Crippen LogP contribution in [0.25, 0.3) is 10.8 Å². The molecule has 0 bridgehead atoms. The van der Waals surface area contributed by atoms with Crippen LogP contribution in [0.15, 0.2) is 35.2 Å². The maximum absolute atomic E-state index is 12.7. The Kier molecular flexibility index (Phi) is 4.91. The number of fused-ring (bicyclic) bond motifs is 1. The summed E-state index contributed by atoms with van der Waals surface area (Å²) >= 11 is 0. The van der Waals surface area contributed by atoms with Crippen LogP contribution >= 0.6 is 0 Å². The lowest BCUT2D eigenvalue weighted by Gasteiger charge is -2.19. The largest absolute Gasteiger partial charge is 0.507 e. The monoisotopic (exact) mass is 337 g/mol. The van der Waals surface area contributed by atoms with Gasteiger partial charge in [0, 0.05) is 18.5 Å². The van der Waals surface area contributed by atoms with Crippen molar-refractivity contribution in [2.24, 2.45) is 0 Å². The van der Waals surface area contributed by atoms with E-state index in [-0.39, 0.29) is 16.2 Å². The van der Waals surface area contributed by atoms with Gasteiger partial charge < -0.3 is 9.84 Å². The fourth-order valence-electron chi connectivity index (χ4n) is 2.49. The van der Waals surface area contributed by atoms with Gasteiger partial charge in [-0.1, -0.05) is 26.0 Å². The Balaban J connectivity index is 2.73. The molecule has 7 heteroatoms. The van der Waals surface area contributed by atoms with Crippen LogP contribution in [-0.4, -0.2) is 44.0 Å². The predicted octanol–water partition coefficient (Wildman–Crippen LogP) is 2.36. The Morgan fingerprint density at radius 3 is 2.43 bits per heavy atom. The van der Waals surface area contributed by atoms with E-state index in [0.717, 1.165) is 0 Å². The molecule has 0 aliphatic rings. The van der Waals surface area contributed by atoms with Gasteiger partial charge in [0.25, 0.3) is 0 Å². The number of carbonyl (C=O) groups is 1. The molecule has 1 N–H and O–H groups in total. The molecule has 0 aliphatic heterocycles. The van der Waals surface area contributed by atoms with Crippen LogP contribution in [0.1, 0.15) is 24.2 Å². The summed E-state index contributed by atoms with van der Waals surface area (Å²) in [4.78, 5) is 11.8. The number of phenolic OH excluding ortho intramolecular Hbond substituents is 1. The quantitative estimate of drug-likeness (QED) is 0.847. The summed E-state index contributed by atoms with van der Waals surface area (Å²) in [5.74, 6) is -0.993. The second kappa shape index (κ2) is 6.55. The number of aromatic hydroxyl groups is 1. The minimum atomic E-state index is -3.68. The number of benzene rings is 2. The normalized spacial score (nSPS) is 11.8. The van der Waals surface area contributed by atoms with Crippen LogP contribution in [0.4, 0.5) is 0 Å². The second-order valence-corrected chi connectivity index (χ2v) is 6.83. The number of rotatable bonds is 5. The standard InChI is InChI=1S/C16H19NO5S/c1-4-17(5-2)23(20,21)15-8-6-7-11-9-13(16(19)22-3)14(18)10-12(11)15/h6-10,18H,4-5H2,1-3H3. The molecule has 2 aromatic carbocycles. The SMILES string of the molecule is CCN(CC)S(=O)(=O)c1cccc2cc(C(=O)OC)c(O)cc12. The predicted molar refractivity (Wildman–Crippen MR) is 87.1 cm³/mol. The van der Waals surface area contributed by atoms with Gasteiger partial charge in [0.05, 0.1) is 12.0 Å². The van der Waals surface area contributed by atoms with Gasteiger partial charge in [0.15, 0.2) is 0 Å². The van der Waals surface area contributed by atoms with E-state index in [4.69, 9.17) is 0 Å². The van der Waals surface area contributed by atoms with E-state index in [1.165, 1.54) is 29.6 Å². The molecule has 124 valence electrons. The third-order valence-electron chi connectivity index (χ3n) is 3.69. The molecule has 0 radical (unpaired) electrons. The van der Waals surface area contributed by atoms with E-state index in [0.29, 0.717) is 23.9 Å². The van der Waals surface area contributed by atoms with Crippen molar-refractivity contribution in [2.75, 3.05) is 20.2 Å². The first-order valence-corrected chi connectivity index (χ1v) is 8.65. The number of methoxy groups -OCH3 is 1. The van der Waals surface area contributed by atoms with E-state index in [1.54, 1.807) is 26.0 Å². The van der Waals surface area contributed by atoms with E-state index in [1.807, 2.05) is 0 Å². The molecule has 0 fully saturated rings. The minimum Gasteiger partial charge on any atom is -0.507 e. The highest BCUT2D eigenvalue weighted by atomic mass is 32.2. The molecule has 0 saturated heterocycles.